The molecule has 1 atom stereocenters. The smallest absolute Gasteiger partial charge is 0.0846 e. The van der Waals surface area contributed by atoms with Gasteiger partial charge in [-0.1, -0.05) is 51.8 Å². The van der Waals surface area contributed by atoms with Crippen LogP contribution in [0.3, 0.4) is 0 Å². The summed E-state index contributed by atoms with van der Waals surface area (Å²) in [6.45, 7) is 2.10. The van der Waals surface area contributed by atoms with E-state index in [1.54, 1.807) is 0 Å². The highest BCUT2D eigenvalue weighted by molar-refractivity contribution is 9.10. The molecule has 1 aliphatic carbocycles. The van der Waals surface area contributed by atoms with Crippen LogP contribution in [0.25, 0.3) is 0 Å². The van der Waals surface area contributed by atoms with Gasteiger partial charge in [0.2, 0.25) is 0 Å². The second-order valence-corrected chi connectivity index (χ2v) is 6.91. The van der Waals surface area contributed by atoms with Crippen LogP contribution in [0.2, 0.25) is 0 Å². The molecule has 20 heavy (non-hydrogen) atoms. The molecule has 0 fully saturated rings. The van der Waals surface area contributed by atoms with Gasteiger partial charge in [0.15, 0.2) is 0 Å². The second-order valence-electron chi connectivity index (χ2n) is 5.62. The lowest BCUT2D eigenvalue weighted by Crippen LogP contribution is -2.04. The predicted octanol–water partition coefficient (Wildman–Crippen LogP) is 5.96. The lowest BCUT2D eigenvalue weighted by Gasteiger charge is -2.19. The Labute approximate surface area is 134 Å². The quantitative estimate of drug-likeness (QED) is 0.586. The van der Waals surface area contributed by atoms with Gasteiger partial charge in [0.1, 0.15) is 0 Å². The number of aryl methyl sites for hydroxylation is 3. The minimum Gasteiger partial charge on any atom is -0.113 e. The van der Waals surface area contributed by atoms with Crippen LogP contribution in [-0.4, -0.2) is 0 Å². The normalized spacial score (nSPS) is 15.8. The van der Waals surface area contributed by atoms with Crippen molar-refractivity contribution in [1.29, 1.82) is 0 Å². The van der Waals surface area contributed by atoms with Gasteiger partial charge in [0, 0.05) is 4.47 Å². The molecule has 0 saturated carbocycles. The zero-order valence-corrected chi connectivity index (χ0v) is 14.0. The summed E-state index contributed by atoms with van der Waals surface area (Å²) in [6, 6.07) is 13.1. The monoisotopic (exact) mass is 348 g/mol. The third-order valence-electron chi connectivity index (χ3n) is 4.09. The van der Waals surface area contributed by atoms with E-state index in [1.165, 1.54) is 47.9 Å². The van der Waals surface area contributed by atoms with E-state index in [-0.39, 0.29) is 5.38 Å². The molecule has 0 bridgehead atoms. The molecule has 0 nitrogen and oxygen atoms in total. The van der Waals surface area contributed by atoms with Crippen LogP contribution in [0.5, 0.6) is 0 Å². The number of halogens is 2. The van der Waals surface area contributed by atoms with E-state index in [9.17, 15) is 0 Å². The highest BCUT2D eigenvalue weighted by Crippen LogP contribution is 2.36. The van der Waals surface area contributed by atoms with Crippen molar-refractivity contribution in [2.24, 2.45) is 0 Å². The van der Waals surface area contributed by atoms with Crippen LogP contribution in [0, 0.1) is 6.92 Å². The van der Waals surface area contributed by atoms with Crippen LogP contribution in [0.4, 0.5) is 0 Å². The van der Waals surface area contributed by atoms with E-state index < -0.39 is 0 Å². The van der Waals surface area contributed by atoms with Gasteiger partial charge in [-0.3, -0.25) is 0 Å². The van der Waals surface area contributed by atoms with Crippen molar-refractivity contribution in [3.63, 3.8) is 0 Å². The summed E-state index contributed by atoms with van der Waals surface area (Å²) in [5.41, 5.74) is 6.60. The number of hydrogen-bond donors (Lipinski definition) is 0. The van der Waals surface area contributed by atoms with E-state index in [0.29, 0.717) is 0 Å². The Kier molecular flexibility index (Phi) is 4.18. The van der Waals surface area contributed by atoms with Crippen molar-refractivity contribution < 1.29 is 0 Å². The molecule has 3 rings (SSSR count). The molecule has 0 aliphatic heterocycles. The number of hydrogen-bond acceptors (Lipinski definition) is 0. The van der Waals surface area contributed by atoms with Crippen LogP contribution in [0.15, 0.2) is 40.9 Å². The molecule has 0 amide bonds. The van der Waals surface area contributed by atoms with Gasteiger partial charge in [0.25, 0.3) is 0 Å². The number of rotatable bonds is 2. The summed E-state index contributed by atoms with van der Waals surface area (Å²) >= 11 is 10.3. The van der Waals surface area contributed by atoms with Gasteiger partial charge in [-0.25, -0.2) is 0 Å². The van der Waals surface area contributed by atoms with Crippen LogP contribution in [-0.2, 0) is 12.8 Å². The Morgan fingerprint density at radius 2 is 1.75 bits per heavy atom. The van der Waals surface area contributed by atoms with E-state index >= 15 is 0 Å². The van der Waals surface area contributed by atoms with Gasteiger partial charge < -0.3 is 0 Å². The molecule has 0 aromatic heterocycles. The fourth-order valence-electron chi connectivity index (χ4n) is 2.95. The lowest BCUT2D eigenvalue weighted by atomic mass is 9.89. The minimum absolute atomic E-state index is 0.0866. The first-order valence-corrected chi connectivity index (χ1v) is 8.40. The first-order valence-electron chi connectivity index (χ1n) is 7.17. The van der Waals surface area contributed by atoms with Crippen molar-refractivity contribution in [2.45, 2.75) is 38.0 Å². The van der Waals surface area contributed by atoms with Gasteiger partial charge >= 0.3 is 0 Å². The molecule has 2 aromatic rings. The Morgan fingerprint density at radius 3 is 2.55 bits per heavy atom. The Bertz CT molecular complexity index is 633. The van der Waals surface area contributed by atoms with Crippen molar-refractivity contribution in [3.8, 4) is 0 Å². The summed E-state index contributed by atoms with van der Waals surface area (Å²) in [5.74, 6) is 0. The molecule has 1 unspecified atom stereocenters. The average Bonchev–Trinajstić information content (AvgIpc) is 2.48. The Hall–Kier alpha value is -0.790. The van der Waals surface area contributed by atoms with E-state index in [4.69, 9.17) is 11.6 Å². The lowest BCUT2D eigenvalue weighted by molar-refractivity contribution is 0.684. The molecule has 1 aliphatic rings. The fourth-order valence-corrected chi connectivity index (χ4v) is 3.87. The zero-order chi connectivity index (χ0) is 14.1. The third-order valence-corrected chi connectivity index (χ3v) is 5.30. The summed E-state index contributed by atoms with van der Waals surface area (Å²) in [6.07, 6.45) is 5.04. The van der Waals surface area contributed by atoms with E-state index in [2.05, 4.69) is 59.3 Å². The molecular weight excluding hydrogens is 332 g/mol. The number of alkyl halides is 1. The summed E-state index contributed by atoms with van der Waals surface area (Å²) in [7, 11) is 0. The molecule has 0 spiro atoms. The Morgan fingerprint density at radius 1 is 1.00 bits per heavy atom. The van der Waals surface area contributed by atoms with Crippen LogP contribution >= 0.6 is 27.5 Å². The molecule has 2 heteroatoms. The first-order chi connectivity index (χ1) is 9.65. The zero-order valence-electron chi connectivity index (χ0n) is 11.6. The van der Waals surface area contributed by atoms with Gasteiger partial charge in [-0.2, -0.15) is 0 Å². The maximum absolute atomic E-state index is 6.72. The van der Waals surface area contributed by atoms with Crippen molar-refractivity contribution in [3.05, 3.63) is 68.7 Å². The largest absolute Gasteiger partial charge is 0.113 e. The average molecular weight is 350 g/mol. The maximum Gasteiger partial charge on any atom is 0.0846 e. The minimum atomic E-state index is -0.0866. The molecule has 0 heterocycles. The standard InChI is InChI=1S/C18H18BrCl/c1-12-6-9-17(19)16(10-12)18(20)15-8-7-13-4-2-3-5-14(13)11-15/h6-11,18H,2-5H2,1H3. The van der Waals surface area contributed by atoms with Crippen molar-refractivity contribution >= 4 is 27.5 Å². The summed E-state index contributed by atoms with van der Waals surface area (Å²) in [5, 5.41) is -0.0866. The predicted molar refractivity (Wildman–Crippen MR) is 89.7 cm³/mol. The van der Waals surface area contributed by atoms with Gasteiger partial charge in [0.05, 0.1) is 5.38 Å². The highest BCUT2D eigenvalue weighted by Gasteiger charge is 2.17. The maximum atomic E-state index is 6.72. The Balaban J connectivity index is 1.97. The van der Waals surface area contributed by atoms with Crippen LogP contribution in [0.1, 0.15) is 46.0 Å². The van der Waals surface area contributed by atoms with Crippen molar-refractivity contribution in [2.75, 3.05) is 0 Å². The summed E-state index contributed by atoms with van der Waals surface area (Å²) < 4.78 is 1.08. The van der Waals surface area contributed by atoms with Crippen LogP contribution < -0.4 is 0 Å². The third kappa shape index (κ3) is 2.80. The molecular formula is C18H18BrCl. The highest BCUT2D eigenvalue weighted by atomic mass is 79.9. The van der Waals surface area contributed by atoms with Gasteiger partial charge in [-0.05, 0) is 60.9 Å². The SMILES string of the molecule is Cc1ccc(Br)c(C(Cl)c2ccc3c(c2)CCCC3)c1. The second kappa shape index (κ2) is 5.91. The first kappa shape index (κ1) is 14.2. The van der Waals surface area contributed by atoms with E-state index in [0.717, 1.165) is 10.0 Å². The molecule has 0 saturated heterocycles. The molecule has 2 aromatic carbocycles. The van der Waals surface area contributed by atoms with E-state index in [1.807, 2.05) is 0 Å². The topological polar surface area (TPSA) is 0 Å². The molecule has 0 N–H and O–H groups in total. The van der Waals surface area contributed by atoms with Crippen molar-refractivity contribution in [1.82, 2.24) is 0 Å². The number of fused-ring (bicyclic) bond motifs is 1. The molecule has 104 valence electrons. The number of benzene rings is 2. The van der Waals surface area contributed by atoms with Gasteiger partial charge in [-0.15, -0.1) is 11.6 Å². The summed E-state index contributed by atoms with van der Waals surface area (Å²) in [4.78, 5) is 0. The molecule has 0 radical (unpaired) electrons. The fraction of sp³-hybridized carbons (Fsp3) is 0.333.